The largest absolute Gasteiger partial charge is 0.480 e. The maximum Gasteiger partial charge on any atom is 0.326 e. The van der Waals surface area contributed by atoms with E-state index in [-0.39, 0.29) is 18.9 Å². The highest BCUT2D eigenvalue weighted by Gasteiger charge is 2.36. The zero-order valence-corrected chi connectivity index (χ0v) is 8.71. The molecule has 2 heterocycles. The molecule has 1 aliphatic rings. The standard InChI is InChI=1S/C9H11N3O4/c1-5-10-7(11-16-5)4-12-6(9(14)15)2-3-8(12)13/h6H,2-4H2,1H3,(H,14,15). The molecule has 0 bridgehead atoms. The van der Waals surface area contributed by atoms with E-state index in [1.807, 2.05) is 0 Å². The lowest BCUT2D eigenvalue weighted by atomic mass is 10.2. The van der Waals surface area contributed by atoms with Crippen LogP contribution in [0.15, 0.2) is 4.52 Å². The first kappa shape index (κ1) is 10.6. The van der Waals surface area contributed by atoms with Gasteiger partial charge in [0.2, 0.25) is 11.8 Å². The minimum absolute atomic E-state index is 0.0904. The minimum Gasteiger partial charge on any atom is -0.480 e. The molecule has 0 aliphatic carbocycles. The molecule has 7 heteroatoms. The second kappa shape index (κ2) is 3.92. The lowest BCUT2D eigenvalue weighted by Gasteiger charge is -2.19. The maximum absolute atomic E-state index is 11.5. The molecule has 2 rings (SSSR count). The summed E-state index contributed by atoms with van der Waals surface area (Å²) in [5.41, 5.74) is 0. The highest BCUT2D eigenvalue weighted by molar-refractivity contribution is 5.87. The fraction of sp³-hybridized carbons (Fsp3) is 0.556. The number of carbonyl (C=O) groups excluding carboxylic acids is 1. The number of rotatable bonds is 3. The van der Waals surface area contributed by atoms with Crippen LogP contribution in [0.3, 0.4) is 0 Å². The Kier molecular flexibility index (Phi) is 2.59. The monoisotopic (exact) mass is 225 g/mol. The maximum atomic E-state index is 11.5. The molecule has 86 valence electrons. The van der Waals surface area contributed by atoms with Crippen molar-refractivity contribution in [3.63, 3.8) is 0 Å². The lowest BCUT2D eigenvalue weighted by Crippen LogP contribution is -2.38. The van der Waals surface area contributed by atoms with Crippen molar-refractivity contribution in [1.29, 1.82) is 0 Å². The Morgan fingerprint density at radius 3 is 3.00 bits per heavy atom. The van der Waals surface area contributed by atoms with E-state index in [1.54, 1.807) is 6.92 Å². The molecule has 1 saturated heterocycles. The van der Waals surface area contributed by atoms with Crippen LogP contribution >= 0.6 is 0 Å². The van der Waals surface area contributed by atoms with Gasteiger partial charge in [0.1, 0.15) is 6.04 Å². The number of amides is 1. The van der Waals surface area contributed by atoms with Gasteiger partial charge in [-0.25, -0.2) is 4.79 Å². The minimum atomic E-state index is -0.994. The third kappa shape index (κ3) is 1.88. The first-order valence-corrected chi connectivity index (χ1v) is 4.89. The number of hydrogen-bond donors (Lipinski definition) is 1. The summed E-state index contributed by atoms with van der Waals surface area (Å²) in [6, 6.07) is -0.772. The third-order valence-electron chi connectivity index (χ3n) is 2.49. The molecule has 7 nitrogen and oxygen atoms in total. The second-order valence-electron chi connectivity index (χ2n) is 3.64. The van der Waals surface area contributed by atoms with Crippen LogP contribution in [0.4, 0.5) is 0 Å². The number of likely N-dealkylation sites (tertiary alicyclic amines) is 1. The molecule has 0 aromatic carbocycles. The van der Waals surface area contributed by atoms with E-state index >= 15 is 0 Å². The highest BCUT2D eigenvalue weighted by Crippen LogP contribution is 2.20. The van der Waals surface area contributed by atoms with Gasteiger partial charge < -0.3 is 14.5 Å². The number of carboxylic acids is 1. The molecular formula is C9H11N3O4. The summed E-state index contributed by atoms with van der Waals surface area (Å²) < 4.78 is 4.76. The van der Waals surface area contributed by atoms with E-state index in [2.05, 4.69) is 10.1 Å². The summed E-state index contributed by atoms with van der Waals surface area (Å²) in [5, 5.41) is 12.6. The van der Waals surface area contributed by atoms with Gasteiger partial charge in [-0.2, -0.15) is 4.98 Å². The number of aliphatic carboxylic acids is 1. The fourth-order valence-corrected chi connectivity index (χ4v) is 1.75. The molecule has 16 heavy (non-hydrogen) atoms. The number of nitrogens with zero attached hydrogens (tertiary/aromatic N) is 3. The average Bonchev–Trinajstić information content (AvgIpc) is 2.76. The molecule has 1 fully saturated rings. The zero-order chi connectivity index (χ0) is 11.7. The summed E-state index contributed by atoms with van der Waals surface area (Å²) >= 11 is 0. The number of carbonyl (C=O) groups is 2. The third-order valence-corrected chi connectivity index (χ3v) is 2.49. The van der Waals surface area contributed by atoms with Crippen LogP contribution in [-0.4, -0.2) is 38.1 Å². The first-order chi connectivity index (χ1) is 7.58. The molecular weight excluding hydrogens is 214 g/mol. The van der Waals surface area contributed by atoms with Crippen molar-refractivity contribution in [1.82, 2.24) is 15.0 Å². The topological polar surface area (TPSA) is 96.5 Å². The Hall–Kier alpha value is -1.92. The van der Waals surface area contributed by atoms with E-state index in [9.17, 15) is 9.59 Å². The van der Waals surface area contributed by atoms with Gasteiger partial charge in [0.25, 0.3) is 0 Å². The number of aromatic nitrogens is 2. The van der Waals surface area contributed by atoms with E-state index in [4.69, 9.17) is 9.63 Å². The van der Waals surface area contributed by atoms with Gasteiger partial charge in [0.05, 0.1) is 6.54 Å². The Bertz CT molecular complexity index is 428. The summed E-state index contributed by atoms with van der Waals surface area (Å²) in [5.74, 6) is -0.451. The van der Waals surface area contributed by atoms with Crippen molar-refractivity contribution < 1.29 is 19.2 Å². The van der Waals surface area contributed by atoms with E-state index in [0.717, 1.165) is 0 Å². The van der Waals surface area contributed by atoms with Crippen molar-refractivity contribution in [2.24, 2.45) is 0 Å². The lowest BCUT2D eigenvalue weighted by molar-refractivity contribution is -0.146. The quantitative estimate of drug-likeness (QED) is 0.774. The Labute approximate surface area is 91.0 Å². The van der Waals surface area contributed by atoms with E-state index in [0.29, 0.717) is 18.1 Å². The van der Waals surface area contributed by atoms with Gasteiger partial charge in [-0.05, 0) is 6.42 Å². The van der Waals surface area contributed by atoms with Crippen molar-refractivity contribution in [3.05, 3.63) is 11.7 Å². The molecule has 0 radical (unpaired) electrons. The van der Waals surface area contributed by atoms with Crippen LogP contribution in [0.5, 0.6) is 0 Å². The van der Waals surface area contributed by atoms with E-state index < -0.39 is 12.0 Å². The van der Waals surface area contributed by atoms with Crippen LogP contribution in [0.1, 0.15) is 24.6 Å². The molecule has 0 saturated carbocycles. The first-order valence-electron chi connectivity index (χ1n) is 4.89. The summed E-state index contributed by atoms with van der Waals surface area (Å²) in [6.45, 7) is 1.73. The predicted octanol–water partition coefficient (Wildman–Crippen LogP) is -0.0464. The van der Waals surface area contributed by atoms with Crippen molar-refractivity contribution in [3.8, 4) is 0 Å². The van der Waals surface area contributed by atoms with Gasteiger partial charge >= 0.3 is 5.97 Å². The average molecular weight is 225 g/mol. The van der Waals surface area contributed by atoms with Gasteiger partial charge in [-0.3, -0.25) is 4.79 Å². The van der Waals surface area contributed by atoms with Crippen LogP contribution in [-0.2, 0) is 16.1 Å². The van der Waals surface area contributed by atoms with Crippen molar-refractivity contribution in [2.45, 2.75) is 32.4 Å². The molecule has 0 spiro atoms. The number of aryl methyl sites for hydroxylation is 1. The molecule has 1 unspecified atom stereocenters. The Morgan fingerprint density at radius 2 is 2.44 bits per heavy atom. The predicted molar refractivity (Wildman–Crippen MR) is 50.2 cm³/mol. The summed E-state index contributed by atoms with van der Waals surface area (Å²) in [4.78, 5) is 27.6. The van der Waals surface area contributed by atoms with Crippen LogP contribution in [0, 0.1) is 6.92 Å². The highest BCUT2D eigenvalue weighted by atomic mass is 16.5. The van der Waals surface area contributed by atoms with Gasteiger partial charge in [-0.1, -0.05) is 5.16 Å². The second-order valence-corrected chi connectivity index (χ2v) is 3.64. The van der Waals surface area contributed by atoms with Crippen molar-refractivity contribution >= 4 is 11.9 Å². The molecule has 1 amide bonds. The fourth-order valence-electron chi connectivity index (χ4n) is 1.75. The van der Waals surface area contributed by atoms with Crippen LogP contribution in [0.2, 0.25) is 0 Å². The number of carboxylic acid groups (broad SMARTS) is 1. The van der Waals surface area contributed by atoms with Crippen LogP contribution < -0.4 is 0 Å². The van der Waals surface area contributed by atoms with Gasteiger partial charge in [-0.15, -0.1) is 0 Å². The SMILES string of the molecule is Cc1nc(CN2C(=O)CCC2C(=O)O)no1. The van der Waals surface area contributed by atoms with E-state index in [1.165, 1.54) is 4.90 Å². The van der Waals surface area contributed by atoms with Crippen LogP contribution in [0.25, 0.3) is 0 Å². The zero-order valence-electron chi connectivity index (χ0n) is 8.71. The molecule has 1 N–H and O–H groups in total. The van der Waals surface area contributed by atoms with Gasteiger partial charge in [0.15, 0.2) is 5.82 Å². The molecule has 1 aromatic rings. The molecule has 1 aromatic heterocycles. The van der Waals surface area contributed by atoms with Crippen molar-refractivity contribution in [2.75, 3.05) is 0 Å². The Morgan fingerprint density at radius 1 is 1.69 bits per heavy atom. The molecule has 1 aliphatic heterocycles. The Balaban J connectivity index is 2.12. The normalized spacial score (nSPS) is 20.4. The molecule has 1 atom stereocenters. The summed E-state index contributed by atoms with van der Waals surface area (Å²) in [7, 11) is 0. The number of hydrogen-bond acceptors (Lipinski definition) is 5. The smallest absolute Gasteiger partial charge is 0.326 e. The summed E-state index contributed by atoms with van der Waals surface area (Å²) in [6.07, 6.45) is 0.596. The van der Waals surface area contributed by atoms with Gasteiger partial charge in [0, 0.05) is 13.3 Å².